The molecule has 4 rings (SSSR count). The van der Waals surface area contributed by atoms with E-state index >= 15 is 0 Å². The summed E-state index contributed by atoms with van der Waals surface area (Å²) in [6, 6.07) is 14.8. The van der Waals surface area contributed by atoms with E-state index in [2.05, 4.69) is 16.0 Å². The molecule has 3 aromatic rings. The fourth-order valence-corrected chi connectivity index (χ4v) is 4.26. The number of thiophene rings is 1. The predicted octanol–water partition coefficient (Wildman–Crippen LogP) is 2.65. The average Bonchev–Trinajstić information content (AvgIpc) is 3.38. The zero-order valence-electron chi connectivity index (χ0n) is 15.8. The normalized spacial score (nSPS) is 18.2. The Balaban J connectivity index is 1.33. The Hall–Kier alpha value is -2.94. The van der Waals surface area contributed by atoms with E-state index in [-0.39, 0.29) is 23.4 Å². The van der Waals surface area contributed by atoms with Crippen molar-refractivity contribution >= 4 is 40.4 Å². The summed E-state index contributed by atoms with van der Waals surface area (Å²) in [5.41, 5.74) is 1.23. The first-order chi connectivity index (χ1) is 14.5. The maximum atomic E-state index is 12.6. The number of hydrogen-bond acceptors (Lipinski definition) is 5. The van der Waals surface area contributed by atoms with E-state index in [1.807, 2.05) is 0 Å². The Morgan fingerprint density at radius 3 is 2.60 bits per heavy atom. The van der Waals surface area contributed by atoms with Crippen LogP contribution in [0.3, 0.4) is 0 Å². The second-order valence-electron chi connectivity index (χ2n) is 6.92. The third-order valence-electron chi connectivity index (χ3n) is 4.82. The molecule has 2 atom stereocenters. The lowest BCUT2D eigenvalue weighted by atomic mass is 10.1. The summed E-state index contributed by atoms with van der Waals surface area (Å²) in [6.45, 7) is 0.513. The van der Waals surface area contributed by atoms with Crippen LogP contribution in [0.4, 0.5) is 5.69 Å². The molecule has 0 radical (unpaired) electrons. The molecule has 1 aromatic carbocycles. The van der Waals surface area contributed by atoms with Gasteiger partial charge in [0, 0.05) is 36.2 Å². The van der Waals surface area contributed by atoms with E-state index < -0.39 is 6.04 Å². The highest BCUT2D eigenvalue weighted by Gasteiger charge is 2.30. The minimum absolute atomic E-state index is 0.123. The van der Waals surface area contributed by atoms with Gasteiger partial charge in [0.25, 0.3) is 11.5 Å². The van der Waals surface area contributed by atoms with Crippen molar-refractivity contribution in [2.24, 2.45) is 0 Å². The summed E-state index contributed by atoms with van der Waals surface area (Å²) in [5, 5.41) is 8.93. The fourth-order valence-electron chi connectivity index (χ4n) is 3.31. The Labute approximate surface area is 181 Å². The monoisotopic (exact) mass is 442 g/mol. The van der Waals surface area contributed by atoms with Gasteiger partial charge in [-0.25, -0.2) is 0 Å². The smallest absolute Gasteiger partial charge is 0.261 e. The number of nitrogens with one attached hydrogen (secondary N) is 3. The van der Waals surface area contributed by atoms with Crippen LogP contribution in [0.2, 0.25) is 4.34 Å². The topological polar surface area (TPSA) is 92.2 Å². The molecule has 0 spiro atoms. The summed E-state index contributed by atoms with van der Waals surface area (Å²) in [5.74, 6) is -0.359. The van der Waals surface area contributed by atoms with Crippen LogP contribution < -0.4 is 21.5 Å². The minimum atomic E-state index is -0.404. The second-order valence-corrected chi connectivity index (χ2v) is 8.63. The van der Waals surface area contributed by atoms with Crippen molar-refractivity contribution in [3.8, 4) is 5.69 Å². The van der Waals surface area contributed by atoms with Gasteiger partial charge in [0.2, 0.25) is 5.91 Å². The molecule has 0 aliphatic carbocycles. The molecule has 3 N–H and O–H groups in total. The standard InChI is InChI=1S/C21H19ClN4O3S/c22-18-9-8-17(30-18)21(29)25-14-11-16(23-12-14)20(28)24-13-4-6-15(7-5-13)26-10-2-1-3-19(26)27/h1-10,14,16,23H,11-12H2,(H,24,28)(H,25,29)/t14?,16-/m0/s1. The molecule has 2 aromatic heterocycles. The molecule has 1 aliphatic heterocycles. The maximum absolute atomic E-state index is 12.6. The van der Waals surface area contributed by atoms with Gasteiger partial charge in [-0.05, 0) is 48.9 Å². The number of aromatic nitrogens is 1. The molecule has 7 nitrogen and oxygen atoms in total. The number of carbonyl (C=O) groups is 2. The summed E-state index contributed by atoms with van der Waals surface area (Å²) in [6.07, 6.45) is 2.19. The Morgan fingerprint density at radius 2 is 1.90 bits per heavy atom. The Morgan fingerprint density at radius 1 is 1.10 bits per heavy atom. The van der Waals surface area contributed by atoms with Crippen molar-refractivity contribution in [3.63, 3.8) is 0 Å². The zero-order valence-corrected chi connectivity index (χ0v) is 17.4. The number of hydrogen-bond donors (Lipinski definition) is 3. The number of amides is 2. The second kappa shape index (κ2) is 8.83. The highest BCUT2D eigenvalue weighted by molar-refractivity contribution is 7.18. The number of carbonyl (C=O) groups excluding carboxylic acids is 2. The number of rotatable bonds is 5. The lowest BCUT2D eigenvalue weighted by molar-refractivity contribution is -0.117. The van der Waals surface area contributed by atoms with Gasteiger partial charge >= 0.3 is 0 Å². The van der Waals surface area contributed by atoms with Crippen LogP contribution in [0, 0.1) is 0 Å². The Kier molecular flexibility index (Phi) is 5.98. The van der Waals surface area contributed by atoms with E-state index in [0.717, 1.165) is 0 Å². The quantitative estimate of drug-likeness (QED) is 0.566. The van der Waals surface area contributed by atoms with Crippen molar-refractivity contribution in [1.29, 1.82) is 0 Å². The van der Waals surface area contributed by atoms with Gasteiger partial charge in [0.15, 0.2) is 0 Å². The summed E-state index contributed by atoms with van der Waals surface area (Å²) < 4.78 is 2.09. The average molecular weight is 443 g/mol. The van der Waals surface area contributed by atoms with Gasteiger partial charge in [0.1, 0.15) is 0 Å². The molecule has 0 bridgehead atoms. The van der Waals surface area contributed by atoms with Gasteiger partial charge in [0.05, 0.1) is 15.3 Å². The van der Waals surface area contributed by atoms with Gasteiger partial charge < -0.3 is 16.0 Å². The third-order valence-corrected chi connectivity index (χ3v) is 6.04. The molecule has 1 saturated heterocycles. The summed E-state index contributed by atoms with van der Waals surface area (Å²) in [7, 11) is 0. The van der Waals surface area contributed by atoms with Crippen LogP contribution in [-0.4, -0.2) is 35.0 Å². The maximum Gasteiger partial charge on any atom is 0.261 e. The van der Waals surface area contributed by atoms with Crippen LogP contribution in [0.15, 0.2) is 65.6 Å². The van der Waals surface area contributed by atoms with Crippen molar-refractivity contribution in [1.82, 2.24) is 15.2 Å². The first kappa shape index (κ1) is 20.3. The van der Waals surface area contributed by atoms with Crippen molar-refractivity contribution in [2.45, 2.75) is 18.5 Å². The molecule has 3 heterocycles. The molecular weight excluding hydrogens is 424 g/mol. The molecule has 30 heavy (non-hydrogen) atoms. The predicted molar refractivity (Wildman–Crippen MR) is 118 cm³/mol. The first-order valence-corrected chi connectivity index (χ1v) is 10.6. The fraction of sp³-hybridized carbons (Fsp3) is 0.190. The molecule has 1 fully saturated rings. The van der Waals surface area contributed by atoms with E-state index in [0.29, 0.717) is 33.6 Å². The van der Waals surface area contributed by atoms with E-state index in [1.54, 1.807) is 54.7 Å². The van der Waals surface area contributed by atoms with Crippen LogP contribution in [0.25, 0.3) is 5.69 Å². The van der Waals surface area contributed by atoms with Gasteiger partial charge in [-0.15, -0.1) is 11.3 Å². The molecule has 1 unspecified atom stereocenters. The largest absolute Gasteiger partial charge is 0.347 e. The van der Waals surface area contributed by atoms with Crippen LogP contribution in [0.5, 0.6) is 0 Å². The minimum Gasteiger partial charge on any atom is -0.347 e. The highest BCUT2D eigenvalue weighted by atomic mass is 35.5. The molecule has 2 amide bonds. The molecule has 9 heteroatoms. The SMILES string of the molecule is O=C(NC1CN[C@H](C(=O)Nc2ccc(-n3ccccc3=O)cc2)C1)c1ccc(Cl)s1. The molecule has 1 aliphatic rings. The van der Waals surface area contributed by atoms with Crippen molar-refractivity contribution < 1.29 is 9.59 Å². The number of anilines is 1. The number of pyridine rings is 1. The van der Waals surface area contributed by atoms with E-state index in [1.165, 1.54) is 22.0 Å². The zero-order chi connectivity index (χ0) is 21.1. The number of halogens is 1. The highest BCUT2D eigenvalue weighted by Crippen LogP contribution is 2.22. The summed E-state index contributed by atoms with van der Waals surface area (Å²) >= 11 is 7.09. The lowest BCUT2D eigenvalue weighted by Crippen LogP contribution is -2.35. The van der Waals surface area contributed by atoms with Gasteiger partial charge in [-0.1, -0.05) is 17.7 Å². The van der Waals surface area contributed by atoms with E-state index in [4.69, 9.17) is 11.6 Å². The number of benzene rings is 1. The van der Waals surface area contributed by atoms with Crippen molar-refractivity contribution in [2.75, 3.05) is 11.9 Å². The lowest BCUT2D eigenvalue weighted by Gasteiger charge is -2.13. The van der Waals surface area contributed by atoms with Gasteiger partial charge in [-0.2, -0.15) is 0 Å². The van der Waals surface area contributed by atoms with Crippen LogP contribution in [-0.2, 0) is 4.79 Å². The summed E-state index contributed by atoms with van der Waals surface area (Å²) in [4.78, 5) is 37.3. The molecule has 0 saturated carbocycles. The molecular formula is C21H19ClN4O3S. The Bertz CT molecular complexity index is 1130. The van der Waals surface area contributed by atoms with Crippen molar-refractivity contribution in [3.05, 3.63) is 80.4 Å². The van der Waals surface area contributed by atoms with Gasteiger partial charge in [-0.3, -0.25) is 19.0 Å². The number of nitrogens with zero attached hydrogens (tertiary/aromatic N) is 1. The third kappa shape index (κ3) is 4.62. The van der Waals surface area contributed by atoms with Crippen LogP contribution in [0.1, 0.15) is 16.1 Å². The van der Waals surface area contributed by atoms with E-state index in [9.17, 15) is 14.4 Å². The van der Waals surface area contributed by atoms with Crippen LogP contribution >= 0.6 is 22.9 Å². The first-order valence-electron chi connectivity index (χ1n) is 9.38. The molecule has 154 valence electrons.